The highest BCUT2D eigenvalue weighted by Gasteiger charge is 2.22. The molecule has 24 heavy (non-hydrogen) atoms. The number of aryl methyl sites for hydroxylation is 1. The Hall–Kier alpha value is -0.980. The van der Waals surface area contributed by atoms with Crippen LogP contribution in [-0.4, -0.2) is 18.6 Å². The van der Waals surface area contributed by atoms with E-state index in [4.69, 9.17) is 10.5 Å². The molecular formula is C19H30IN3O. The van der Waals surface area contributed by atoms with Crippen LogP contribution in [0, 0.1) is 12.8 Å². The fraction of sp³-hybridized carbons (Fsp3) is 0.632. The van der Waals surface area contributed by atoms with E-state index >= 15 is 0 Å². The number of nitrogens with zero attached hydrogens (tertiary/aromatic N) is 1. The van der Waals surface area contributed by atoms with Gasteiger partial charge in [-0.3, -0.25) is 0 Å². The van der Waals surface area contributed by atoms with Crippen molar-refractivity contribution in [2.24, 2.45) is 16.6 Å². The third-order valence-electron chi connectivity index (χ3n) is 4.77. The van der Waals surface area contributed by atoms with Gasteiger partial charge in [0.1, 0.15) is 5.75 Å². The maximum atomic E-state index is 6.06. The van der Waals surface area contributed by atoms with Gasteiger partial charge in [-0.15, -0.1) is 24.0 Å². The molecule has 0 bridgehead atoms. The van der Waals surface area contributed by atoms with E-state index in [1.807, 2.05) is 0 Å². The van der Waals surface area contributed by atoms with Gasteiger partial charge in [-0.05, 0) is 50.2 Å². The van der Waals surface area contributed by atoms with Crippen LogP contribution in [0.4, 0.5) is 0 Å². The van der Waals surface area contributed by atoms with E-state index in [2.05, 4.69) is 35.4 Å². The van der Waals surface area contributed by atoms with Crippen molar-refractivity contribution in [2.45, 2.75) is 64.5 Å². The van der Waals surface area contributed by atoms with Crippen LogP contribution >= 0.6 is 24.0 Å². The largest absolute Gasteiger partial charge is 0.493 e. The minimum Gasteiger partial charge on any atom is -0.493 e. The van der Waals surface area contributed by atoms with Crippen LogP contribution in [-0.2, 0) is 6.54 Å². The van der Waals surface area contributed by atoms with Gasteiger partial charge in [-0.25, -0.2) is 4.99 Å². The smallest absolute Gasteiger partial charge is 0.189 e. The van der Waals surface area contributed by atoms with E-state index in [9.17, 15) is 0 Å². The van der Waals surface area contributed by atoms with Crippen LogP contribution < -0.4 is 15.8 Å². The highest BCUT2D eigenvalue weighted by atomic mass is 127. The van der Waals surface area contributed by atoms with E-state index in [-0.39, 0.29) is 24.0 Å². The van der Waals surface area contributed by atoms with Crippen molar-refractivity contribution < 1.29 is 4.74 Å². The lowest BCUT2D eigenvalue weighted by atomic mass is 9.96. The summed E-state index contributed by atoms with van der Waals surface area (Å²) in [7, 11) is 0. The number of hydrogen-bond acceptors (Lipinski definition) is 2. The summed E-state index contributed by atoms with van der Waals surface area (Å²) in [6.45, 7) is 3.50. The van der Waals surface area contributed by atoms with Gasteiger partial charge in [0, 0.05) is 11.6 Å². The van der Waals surface area contributed by atoms with E-state index < -0.39 is 0 Å². The first-order valence-corrected chi connectivity index (χ1v) is 8.99. The lowest BCUT2D eigenvalue weighted by molar-refractivity contribution is 0.296. The van der Waals surface area contributed by atoms with Crippen molar-refractivity contribution in [1.29, 1.82) is 0 Å². The lowest BCUT2D eigenvalue weighted by Crippen LogP contribution is -2.41. The highest BCUT2D eigenvalue weighted by molar-refractivity contribution is 14.0. The molecule has 1 aromatic rings. The Bertz CT molecular complexity index is 552. The fourth-order valence-corrected chi connectivity index (χ4v) is 3.09. The van der Waals surface area contributed by atoms with Gasteiger partial charge >= 0.3 is 0 Å². The Kier molecular flexibility index (Phi) is 7.65. The number of benzene rings is 1. The van der Waals surface area contributed by atoms with Crippen LogP contribution in [0.15, 0.2) is 23.2 Å². The minimum atomic E-state index is 0. The average Bonchev–Trinajstić information content (AvgIpc) is 3.37. The predicted octanol–water partition coefficient (Wildman–Crippen LogP) is 4.14. The molecule has 2 saturated carbocycles. The van der Waals surface area contributed by atoms with Crippen LogP contribution in [0.2, 0.25) is 0 Å². The van der Waals surface area contributed by atoms with Gasteiger partial charge in [0.15, 0.2) is 5.96 Å². The maximum Gasteiger partial charge on any atom is 0.189 e. The van der Waals surface area contributed by atoms with Crippen molar-refractivity contribution in [3.05, 3.63) is 29.3 Å². The summed E-state index contributed by atoms with van der Waals surface area (Å²) >= 11 is 0. The van der Waals surface area contributed by atoms with Crippen molar-refractivity contribution in [1.82, 2.24) is 5.32 Å². The van der Waals surface area contributed by atoms with Gasteiger partial charge in [0.2, 0.25) is 0 Å². The van der Waals surface area contributed by atoms with Gasteiger partial charge in [0.25, 0.3) is 0 Å². The average molecular weight is 443 g/mol. The molecule has 0 radical (unpaired) electrons. The molecule has 0 heterocycles. The number of nitrogens with two attached hydrogens (primary N) is 1. The summed E-state index contributed by atoms with van der Waals surface area (Å²) in [6.07, 6.45) is 8.95. The predicted molar refractivity (Wildman–Crippen MR) is 110 cm³/mol. The van der Waals surface area contributed by atoms with Crippen LogP contribution in [0.25, 0.3) is 0 Å². The van der Waals surface area contributed by atoms with E-state index in [1.54, 1.807) is 0 Å². The summed E-state index contributed by atoms with van der Waals surface area (Å²) in [4.78, 5) is 4.52. The molecular weight excluding hydrogens is 413 g/mol. The molecule has 2 fully saturated rings. The Balaban J connectivity index is 0.00000208. The molecule has 2 aliphatic rings. The van der Waals surface area contributed by atoms with Crippen molar-refractivity contribution in [3.8, 4) is 5.75 Å². The normalized spacial score (nSPS) is 18.8. The third kappa shape index (κ3) is 6.15. The van der Waals surface area contributed by atoms with Crippen LogP contribution in [0.3, 0.4) is 0 Å². The molecule has 0 saturated heterocycles. The summed E-state index contributed by atoms with van der Waals surface area (Å²) < 4.78 is 5.99. The molecule has 2 aliphatic carbocycles. The molecule has 0 unspecified atom stereocenters. The van der Waals surface area contributed by atoms with Crippen LogP contribution in [0.5, 0.6) is 5.75 Å². The molecule has 3 rings (SSSR count). The fourth-order valence-electron chi connectivity index (χ4n) is 3.09. The molecule has 0 aliphatic heterocycles. The van der Waals surface area contributed by atoms with Gasteiger partial charge in [-0.1, -0.05) is 31.4 Å². The number of rotatable bonds is 6. The third-order valence-corrected chi connectivity index (χ3v) is 4.77. The van der Waals surface area contributed by atoms with Crippen LogP contribution in [0.1, 0.15) is 56.1 Å². The minimum absolute atomic E-state index is 0. The standard InChI is InChI=1S/C19H29N3O.HI/c1-14-7-10-16(18(11-14)23-13-15-8-9-15)12-21-19(20)22-17-5-3-2-4-6-17;/h7,10-11,15,17H,2-6,8-9,12-13H2,1H3,(H3,20,21,22);1H. The second-order valence-corrected chi connectivity index (χ2v) is 7.05. The van der Waals surface area contributed by atoms with E-state index in [1.165, 1.54) is 50.5 Å². The number of hydrogen-bond donors (Lipinski definition) is 2. The number of guanidine groups is 1. The zero-order valence-electron chi connectivity index (χ0n) is 14.6. The topological polar surface area (TPSA) is 59.6 Å². The van der Waals surface area contributed by atoms with Crippen molar-refractivity contribution in [2.75, 3.05) is 6.61 Å². The molecule has 4 nitrogen and oxygen atoms in total. The highest BCUT2D eigenvalue weighted by Crippen LogP contribution is 2.31. The second-order valence-electron chi connectivity index (χ2n) is 7.05. The molecule has 0 amide bonds. The summed E-state index contributed by atoms with van der Waals surface area (Å²) in [5.41, 5.74) is 8.40. The van der Waals surface area contributed by atoms with E-state index in [0.717, 1.165) is 23.8 Å². The van der Waals surface area contributed by atoms with E-state index in [0.29, 0.717) is 18.5 Å². The Morgan fingerprint density at radius 3 is 2.67 bits per heavy atom. The van der Waals surface area contributed by atoms with Gasteiger partial charge < -0.3 is 15.8 Å². The summed E-state index contributed by atoms with van der Waals surface area (Å²) in [5, 5.41) is 3.37. The SMILES string of the molecule is Cc1ccc(CN=C(N)NC2CCCCC2)c(OCC2CC2)c1.I. The molecule has 5 heteroatoms. The number of halogens is 1. The first-order chi connectivity index (χ1) is 11.2. The summed E-state index contributed by atoms with van der Waals surface area (Å²) in [5.74, 6) is 2.28. The number of nitrogens with one attached hydrogen (secondary N) is 1. The zero-order chi connectivity index (χ0) is 16.1. The molecule has 0 spiro atoms. The Labute approximate surface area is 162 Å². The molecule has 134 valence electrons. The van der Waals surface area contributed by atoms with Crippen molar-refractivity contribution in [3.63, 3.8) is 0 Å². The molecule has 0 aromatic heterocycles. The molecule has 0 atom stereocenters. The Morgan fingerprint density at radius 2 is 1.96 bits per heavy atom. The molecule has 1 aromatic carbocycles. The van der Waals surface area contributed by atoms with Gasteiger partial charge in [0.05, 0.1) is 13.2 Å². The lowest BCUT2D eigenvalue weighted by Gasteiger charge is -2.23. The number of aliphatic imine (C=N–C) groups is 1. The monoisotopic (exact) mass is 443 g/mol. The maximum absolute atomic E-state index is 6.06. The first-order valence-electron chi connectivity index (χ1n) is 8.99. The van der Waals surface area contributed by atoms with Gasteiger partial charge in [-0.2, -0.15) is 0 Å². The second kappa shape index (κ2) is 9.49. The van der Waals surface area contributed by atoms with Crippen molar-refractivity contribution >= 4 is 29.9 Å². The zero-order valence-corrected chi connectivity index (χ0v) is 16.9. The number of ether oxygens (including phenoxy) is 1. The quantitative estimate of drug-likeness (QED) is 0.395. The summed E-state index contributed by atoms with van der Waals surface area (Å²) in [6, 6.07) is 6.82. The first kappa shape index (κ1) is 19.3. The molecule has 3 N–H and O–H groups in total. The Morgan fingerprint density at radius 1 is 1.21 bits per heavy atom.